The van der Waals surface area contributed by atoms with Crippen molar-refractivity contribution in [3.05, 3.63) is 35.4 Å². The number of ether oxygens (including phenoxy) is 1. The smallest absolute Gasteiger partial charge is 0.341 e. The van der Waals surface area contributed by atoms with Gasteiger partial charge in [0.05, 0.1) is 7.11 Å². The third-order valence-corrected chi connectivity index (χ3v) is 1.97. The average Bonchev–Trinajstić information content (AvgIpc) is 2.29. The number of aldehydes is 1. The molecule has 84 valence electrons. The minimum absolute atomic E-state index is 0.120. The first-order valence-electron chi connectivity index (χ1n) is 4.70. The zero-order valence-corrected chi connectivity index (χ0v) is 8.84. The predicted molar refractivity (Wildman–Crippen MR) is 59.2 cm³/mol. The molecule has 0 amide bonds. The molecule has 1 N–H and O–H groups in total. The number of phenols is 1. The highest BCUT2D eigenvalue weighted by Crippen LogP contribution is 2.20. The molecule has 4 nitrogen and oxygen atoms in total. The van der Waals surface area contributed by atoms with E-state index in [1.165, 1.54) is 19.2 Å². The maximum atomic E-state index is 11.2. The van der Waals surface area contributed by atoms with E-state index in [0.717, 1.165) is 6.29 Å². The van der Waals surface area contributed by atoms with Crippen molar-refractivity contribution in [3.63, 3.8) is 0 Å². The molecule has 0 atom stereocenters. The third-order valence-electron chi connectivity index (χ3n) is 1.97. The molecule has 1 rings (SSSR count). The number of carbonyl (C=O) groups excluding carboxylic acids is 2. The largest absolute Gasteiger partial charge is 0.507 e. The molecule has 0 saturated carbocycles. The van der Waals surface area contributed by atoms with Crippen LogP contribution in [0.2, 0.25) is 0 Å². The minimum Gasteiger partial charge on any atom is -0.507 e. The molecule has 0 aliphatic carbocycles. The summed E-state index contributed by atoms with van der Waals surface area (Å²) >= 11 is 0. The molecular weight excluding hydrogens is 208 g/mol. The number of phenolic OH excluding ortho intramolecular Hbond substituents is 1. The van der Waals surface area contributed by atoms with Gasteiger partial charge in [-0.25, -0.2) is 4.79 Å². The summed E-state index contributed by atoms with van der Waals surface area (Å²) in [5, 5.41) is 9.55. The molecule has 0 heterocycles. The normalized spacial score (nSPS) is 10.3. The molecule has 0 aliphatic heterocycles. The molecule has 4 heteroatoms. The van der Waals surface area contributed by atoms with E-state index >= 15 is 0 Å². The Hall–Kier alpha value is -2.10. The van der Waals surface area contributed by atoms with Crippen LogP contribution in [0.1, 0.15) is 22.3 Å². The highest BCUT2D eigenvalue weighted by Gasteiger charge is 2.10. The van der Waals surface area contributed by atoms with Crippen LogP contribution in [0, 0.1) is 0 Å². The Morgan fingerprint density at radius 2 is 2.25 bits per heavy atom. The summed E-state index contributed by atoms with van der Waals surface area (Å²) in [6.07, 6.45) is 4.45. The number of allylic oxidation sites excluding steroid dienone is 1. The molecule has 0 spiro atoms. The Bertz CT molecular complexity index is 421. The summed E-state index contributed by atoms with van der Waals surface area (Å²) in [6.45, 7) is 0. The first kappa shape index (κ1) is 12.0. The van der Waals surface area contributed by atoms with Crippen molar-refractivity contribution in [1.82, 2.24) is 0 Å². The van der Waals surface area contributed by atoms with Crippen molar-refractivity contribution >= 4 is 18.3 Å². The van der Waals surface area contributed by atoms with Gasteiger partial charge in [-0.1, -0.05) is 18.2 Å². The van der Waals surface area contributed by atoms with Crippen molar-refractivity contribution in [3.8, 4) is 5.75 Å². The number of rotatable bonds is 4. The second-order valence-electron chi connectivity index (χ2n) is 3.07. The van der Waals surface area contributed by atoms with Gasteiger partial charge in [-0.3, -0.25) is 0 Å². The summed E-state index contributed by atoms with van der Waals surface area (Å²) in [5.41, 5.74) is 0.835. The van der Waals surface area contributed by atoms with Gasteiger partial charge < -0.3 is 14.6 Å². The summed E-state index contributed by atoms with van der Waals surface area (Å²) in [4.78, 5) is 21.2. The van der Waals surface area contributed by atoms with E-state index < -0.39 is 5.97 Å². The molecular formula is C12H12O4. The average molecular weight is 220 g/mol. The first-order chi connectivity index (χ1) is 7.69. The van der Waals surface area contributed by atoms with E-state index in [9.17, 15) is 14.7 Å². The molecule has 0 bridgehead atoms. The Morgan fingerprint density at radius 1 is 1.50 bits per heavy atom. The number of methoxy groups -OCH3 is 1. The van der Waals surface area contributed by atoms with Gasteiger partial charge in [0.1, 0.15) is 17.6 Å². The van der Waals surface area contributed by atoms with E-state index in [2.05, 4.69) is 4.74 Å². The number of carbonyl (C=O) groups is 2. The Labute approximate surface area is 93.2 Å². The molecule has 1 aromatic carbocycles. The Kier molecular flexibility index (Phi) is 4.27. The van der Waals surface area contributed by atoms with Gasteiger partial charge in [0, 0.05) is 6.42 Å². The molecule has 0 fully saturated rings. The number of hydrogen-bond acceptors (Lipinski definition) is 4. The van der Waals surface area contributed by atoms with Crippen LogP contribution in [0.25, 0.3) is 6.08 Å². The van der Waals surface area contributed by atoms with Crippen molar-refractivity contribution < 1.29 is 19.4 Å². The lowest BCUT2D eigenvalue weighted by Gasteiger charge is -2.03. The Morgan fingerprint density at radius 3 is 2.81 bits per heavy atom. The maximum absolute atomic E-state index is 11.2. The highest BCUT2D eigenvalue weighted by molar-refractivity contribution is 5.92. The van der Waals surface area contributed by atoms with Crippen LogP contribution >= 0.6 is 0 Å². The summed E-state index contributed by atoms with van der Waals surface area (Å²) in [5.74, 6) is -0.721. The van der Waals surface area contributed by atoms with Crippen LogP contribution in [0.5, 0.6) is 5.75 Å². The fourth-order valence-corrected chi connectivity index (χ4v) is 1.19. The van der Waals surface area contributed by atoms with Crippen molar-refractivity contribution in [1.29, 1.82) is 0 Å². The fourth-order valence-electron chi connectivity index (χ4n) is 1.19. The predicted octanol–water partition coefficient (Wildman–Crippen LogP) is 1.78. The number of hydrogen-bond donors (Lipinski definition) is 1. The maximum Gasteiger partial charge on any atom is 0.341 e. The van der Waals surface area contributed by atoms with Gasteiger partial charge in [-0.15, -0.1) is 0 Å². The molecule has 1 aromatic rings. The van der Waals surface area contributed by atoms with Crippen LogP contribution in [-0.2, 0) is 9.53 Å². The summed E-state index contributed by atoms with van der Waals surface area (Å²) in [7, 11) is 1.25. The van der Waals surface area contributed by atoms with Crippen LogP contribution in [0.3, 0.4) is 0 Å². The lowest BCUT2D eigenvalue weighted by Crippen LogP contribution is -2.01. The van der Waals surface area contributed by atoms with Crippen LogP contribution in [0.15, 0.2) is 24.3 Å². The zero-order chi connectivity index (χ0) is 12.0. The van der Waals surface area contributed by atoms with Crippen LogP contribution in [0.4, 0.5) is 0 Å². The van der Waals surface area contributed by atoms with Gasteiger partial charge in [0.15, 0.2) is 0 Å². The second-order valence-corrected chi connectivity index (χ2v) is 3.07. The van der Waals surface area contributed by atoms with Gasteiger partial charge in [0.2, 0.25) is 0 Å². The molecule has 0 radical (unpaired) electrons. The van der Waals surface area contributed by atoms with Crippen LogP contribution in [-0.4, -0.2) is 24.5 Å². The Balaban J connectivity index is 2.90. The van der Waals surface area contributed by atoms with E-state index in [1.54, 1.807) is 18.2 Å². The van der Waals surface area contributed by atoms with Gasteiger partial charge in [-0.2, -0.15) is 0 Å². The quantitative estimate of drug-likeness (QED) is 0.620. The molecule has 0 aliphatic rings. The number of esters is 1. The molecule has 0 saturated heterocycles. The van der Waals surface area contributed by atoms with E-state index in [4.69, 9.17) is 0 Å². The number of aromatic hydroxyl groups is 1. The summed E-state index contributed by atoms with van der Waals surface area (Å²) < 4.78 is 4.49. The monoisotopic (exact) mass is 220 g/mol. The molecule has 16 heavy (non-hydrogen) atoms. The minimum atomic E-state index is -0.582. The lowest BCUT2D eigenvalue weighted by molar-refractivity contribution is -0.107. The van der Waals surface area contributed by atoms with Gasteiger partial charge >= 0.3 is 5.97 Å². The highest BCUT2D eigenvalue weighted by atomic mass is 16.5. The summed E-state index contributed by atoms with van der Waals surface area (Å²) in [6, 6.07) is 4.57. The van der Waals surface area contributed by atoms with Gasteiger partial charge in [-0.05, 0) is 17.7 Å². The first-order valence-corrected chi connectivity index (χ1v) is 4.70. The lowest BCUT2D eigenvalue weighted by atomic mass is 10.1. The molecule has 0 unspecified atom stereocenters. The zero-order valence-electron chi connectivity index (χ0n) is 8.84. The fraction of sp³-hybridized carbons (Fsp3) is 0.167. The van der Waals surface area contributed by atoms with Crippen LogP contribution < -0.4 is 0 Å². The van der Waals surface area contributed by atoms with Crippen molar-refractivity contribution in [2.45, 2.75) is 6.42 Å². The third kappa shape index (κ3) is 2.95. The van der Waals surface area contributed by atoms with E-state index in [0.29, 0.717) is 12.0 Å². The SMILES string of the molecule is COC(=O)c1ccc(C=CCC=O)cc1O. The van der Waals surface area contributed by atoms with Gasteiger partial charge in [0.25, 0.3) is 0 Å². The topological polar surface area (TPSA) is 63.6 Å². The van der Waals surface area contributed by atoms with E-state index in [1.807, 2.05) is 0 Å². The standard InChI is InChI=1S/C12H12O4/c1-16-12(15)10-6-5-9(8-11(10)14)4-2-3-7-13/h2,4-8,14H,3H2,1H3. The van der Waals surface area contributed by atoms with E-state index in [-0.39, 0.29) is 11.3 Å². The van der Waals surface area contributed by atoms with Crippen molar-refractivity contribution in [2.24, 2.45) is 0 Å². The van der Waals surface area contributed by atoms with Crippen molar-refractivity contribution in [2.75, 3.05) is 7.11 Å². The number of benzene rings is 1. The molecule has 0 aromatic heterocycles. The second kappa shape index (κ2) is 5.70.